The Bertz CT molecular complexity index is 408. The van der Waals surface area contributed by atoms with Gasteiger partial charge in [0.15, 0.2) is 0 Å². The number of rotatable bonds is 3. The first kappa shape index (κ1) is 13.8. The van der Waals surface area contributed by atoms with Crippen molar-refractivity contribution in [2.24, 2.45) is 5.92 Å². The minimum absolute atomic E-state index is 0.581. The van der Waals surface area contributed by atoms with Crippen LogP contribution in [0.2, 0.25) is 0 Å². The van der Waals surface area contributed by atoms with E-state index >= 15 is 0 Å². The van der Waals surface area contributed by atoms with Crippen molar-refractivity contribution in [1.82, 2.24) is 9.97 Å². The van der Waals surface area contributed by atoms with E-state index in [2.05, 4.69) is 46.6 Å². The second-order valence-corrected chi connectivity index (χ2v) is 6.21. The Balaban J connectivity index is 2.25. The lowest BCUT2D eigenvalue weighted by molar-refractivity contribution is 0.387. The molecule has 0 spiro atoms. The van der Waals surface area contributed by atoms with Crippen molar-refractivity contribution in [3.05, 3.63) is 16.5 Å². The van der Waals surface area contributed by atoms with Crippen molar-refractivity contribution in [2.75, 3.05) is 11.4 Å². The number of aromatic nitrogens is 2. The Labute approximate surface area is 118 Å². The number of anilines is 1. The molecule has 1 aromatic heterocycles. The Morgan fingerprint density at radius 3 is 2.83 bits per heavy atom. The molecule has 0 bridgehead atoms. The van der Waals surface area contributed by atoms with Crippen LogP contribution in [0.15, 0.2) is 10.7 Å². The zero-order valence-electron chi connectivity index (χ0n) is 11.5. The van der Waals surface area contributed by atoms with E-state index in [-0.39, 0.29) is 0 Å². The van der Waals surface area contributed by atoms with Gasteiger partial charge in [0.05, 0.1) is 0 Å². The molecule has 2 heterocycles. The SMILES string of the molecule is CCCc1nc(Br)cc(N2CC(C)CCC2C)n1. The van der Waals surface area contributed by atoms with Gasteiger partial charge < -0.3 is 4.90 Å². The number of aryl methyl sites for hydroxylation is 1. The first-order chi connectivity index (χ1) is 8.60. The first-order valence-corrected chi connectivity index (χ1v) is 7.69. The zero-order valence-corrected chi connectivity index (χ0v) is 13.1. The van der Waals surface area contributed by atoms with Gasteiger partial charge in [0.2, 0.25) is 0 Å². The topological polar surface area (TPSA) is 29.0 Å². The van der Waals surface area contributed by atoms with Gasteiger partial charge in [-0.15, -0.1) is 0 Å². The van der Waals surface area contributed by atoms with Crippen LogP contribution in [0.25, 0.3) is 0 Å². The van der Waals surface area contributed by atoms with Crippen molar-refractivity contribution < 1.29 is 0 Å². The zero-order chi connectivity index (χ0) is 13.1. The van der Waals surface area contributed by atoms with Crippen molar-refractivity contribution in [3.63, 3.8) is 0 Å². The van der Waals surface area contributed by atoms with Gasteiger partial charge in [-0.3, -0.25) is 0 Å². The number of hydrogen-bond acceptors (Lipinski definition) is 3. The van der Waals surface area contributed by atoms with Gasteiger partial charge in [0, 0.05) is 25.1 Å². The van der Waals surface area contributed by atoms with Crippen molar-refractivity contribution in [3.8, 4) is 0 Å². The minimum atomic E-state index is 0.581. The predicted octanol–water partition coefficient (Wildman–Crippen LogP) is 3.82. The molecule has 1 aliphatic rings. The van der Waals surface area contributed by atoms with Gasteiger partial charge in [-0.2, -0.15) is 0 Å². The normalized spacial score (nSPS) is 24.3. The summed E-state index contributed by atoms with van der Waals surface area (Å²) in [7, 11) is 0. The average molecular weight is 312 g/mol. The molecule has 3 nitrogen and oxygen atoms in total. The van der Waals surface area contributed by atoms with Crippen LogP contribution in [-0.4, -0.2) is 22.6 Å². The molecule has 2 rings (SSSR count). The summed E-state index contributed by atoms with van der Waals surface area (Å²) < 4.78 is 0.904. The van der Waals surface area contributed by atoms with Crippen LogP contribution in [0, 0.1) is 5.92 Å². The monoisotopic (exact) mass is 311 g/mol. The van der Waals surface area contributed by atoms with E-state index in [4.69, 9.17) is 4.98 Å². The fourth-order valence-electron chi connectivity index (χ4n) is 2.54. The lowest BCUT2D eigenvalue weighted by atomic mass is 9.95. The summed E-state index contributed by atoms with van der Waals surface area (Å²) in [6.07, 6.45) is 4.61. The highest BCUT2D eigenvalue weighted by molar-refractivity contribution is 9.10. The fraction of sp³-hybridized carbons (Fsp3) is 0.714. The molecule has 0 amide bonds. The van der Waals surface area contributed by atoms with Gasteiger partial charge in [0.1, 0.15) is 16.2 Å². The van der Waals surface area contributed by atoms with Gasteiger partial charge in [-0.1, -0.05) is 13.8 Å². The van der Waals surface area contributed by atoms with Gasteiger partial charge in [-0.05, 0) is 48.0 Å². The van der Waals surface area contributed by atoms with E-state index in [1.807, 2.05) is 6.07 Å². The van der Waals surface area contributed by atoms with Gasteiger partial charge in [-0.25, -0.2) is 9.97 Å². The summed E-state index contributed by atoms with van der Waals surface area (Å²) in [6, 6.07) is 2.63. The molecule has 2 unspecified atom stereocenters. The van der Waals surface area contributed by atoms with E-state index in [1.54, 1.807) is 0 Å². The molecule has 4 heteroatoms. The highest BCUT2D eigenvalue weighted by Gasteiger charge is 2.24. The number of nitrogens with zero attached hydrogens (tertiary/aromatic N) is 3. The highest BCUT2D eigenvalue weighted by Crippen LogP contribution is 2.27. The summed E-state index contributed by atoms with van der Waals surface area (Å²) >= 11 is 3.51. The highest BCUT2D eigenvalue weighted by atomic mass is 79.9. The molecule has 1 aromatic rings. The van der Waals surface area contributed by atoms with E-state index in [0.29, 0.717) is 6.04 Å². The lowest BCUT2D eigenvalue weighted by Crippen LogP contribution is -2.41. The molecule has 0 radical (unpaired) electrons. The first-order valence-electron chi connectivity index (χ1n) is 6.90. The summed E-state index contributed by atoms with van der Waals surface area (Å²) in [5.74, 6) is 2.79. The van der Waals surface area contributed by atoms with Crippen LogP contribution in [-0.2, 0) is 6.42 Å². The Kier molecular flexibility index (Phi) is 4.60. The third-order valence-corrected chi connectivity index (χ3v) is 4.02. The maximum atomic E-state index is 4.72. The predicted molar refractivity (Wildman–Crippen MR) is 78.9 cm³/mol. The van der Waals surface area contributed by atoms with Crippen molar-refractivity contribution in [2.45, 2.75) is 52.5 Å². The Hall–Kier alpha value is -0.640. The number of hydrogen-bond donors (Lipinski definition) is 0. The molecule has 0 saturated carbocycles. The van der Waals surface area contributed by atoms with Crippen molar-refractivity contribution in [1.29, 1.82) is 0 Å². The fourth-order valence-corrected chi connectivity index (χ4v) is 2.95. The van der Waals surface area contributed by atoms with Gasteiger partial charge in [0.25, 0.3) is 0 Å². The quantitative estimate of drug-likeness (QED) is 0.795. The Morgan fingerprint density at radius 1 is 1.33 bits per heavy atom. The molecule has 0 aliphatic carbocycles. The van der Waals surface area contributed by atoms with Crippen molar-refractivity contribution >= 4 is 21.7 Å². The molecular weight excluding hydrogens is 290 g/mol. The largest absolute Gasteiger partial charge is 0.354 e. The third kappa shape index (κ3) is 3.22. The lowest BCUT2D eigenvalue weighted by Gasteiger charge is -2.37. The minimum Gasteiger partial charge on any atom is -0.354 e. The van der Waals surface area contributed by atoms with E-state index < -0.39 is 0 Å². The molecule has 1 fully saturated rings. The average Bonchev–Trinajstić information content (AvgIpc) is 2.32. The summed E-state index contributed by atoms with van der Waals surface area (Å²) in [4.78, 5) is 11.6. The third-order valence-electron chi connectivity index (χ3n) is 3.61. The standard InChI is InChI=1S/C14H22BrN3/c1-4-5-13-16-12(15)8-14(17-13)18-9-10(2)6-7-11(18)3/h8,10-11H,4-7,9H2,1-3H3. The van der Waals surface area contributed by atoms with E-state index in [0.717, 1.165) is 41.5 Å². The molecule has 0 N–H and O–H groups in total. The van der Waals surface area contributed by atoms with Crippen LogP contribution >= 0.6 is 15.9 Å². The number of piperidine rings is 1. The summed E-state index contributed by atoms with van der Waals surface area (Å²) in [5, 5.41) is 0. The smallest absolute Gasteiger partial charge is 0.133 e. The van der Waals surface area contributed by atoms with E-state index in [9.17, 15) is 0 Å². The molecule has 1 aliphatic heterocycles. The molecule has 1 saturated heterocycles. The maximum Gasteiger partial charge on any atom is 0.133 e. The molecule has 18 heavy (non-hydrogen) atoms. The van der Waals surface area contributed by atoms with E-state index in [1.165, 1.54) is 12.8 Å². The van der Waals surface area contributed by atoms with Crippen LogP contribution in [0.4, 0.5) is 5.82 Å². The summed E-state index contributed by atoms with van der Waals surface area (Å²) in [5.41, 5.74) is 0. The molecule has 0 aromatic carbocycles. The van der Waals surface area contributed by atoms with Gasteiger partial charge >= 0.3 is 0 Å². The molecule has 100 valence electrons. The maximum absolute atomic E-state index is 4.72. The van der Waals surface area contributed by atoms with Crippen LogP contribution in [0.1, 0.15) is 45.9 Å². The number of halogens is 1. The van der Waals surface area contributed by atoms with Crippen LogP contribution < -0.4 is 4.90 Å². The molecular formula is C14H22BrN3. The second-order valence-electron chi connectivity index (χ2n) is 5.40. The molecule has 2 atom stereocenters. The summed E-state index contributed by atoms with van der Waals surface area (Å²) in [6.45, 7) is 7.88. The Morgan fingerprint density at radius 2 is 2.11 bits per heavy atom. The second kappa shape index (κ2) is 6.00. The van der Waals surface area contributed by atoms with Crippen LogP contribution in [0.5, 0.6) is 0 Å². The van der Waals surface area contributed by atoms with Crippen LogP contribution in [0.3, 0.4) is 0 Å².